The van der Waals surface area contributed by atoms with Crippen LogP contribution in [0.3, 0.4) is 0 Å². The lowest BCUT2D eigenvalue weighted by Gasteiger charge is -2.12. The van der Waals surface area contributed by atoms with Crippen LogP contribution in [0.1, 0.15) is 23.2 Å². The van der Waals surface area contributed by atoms with Gasteiger partial charge in [0.15, 0.2) is 0 Å². The van der Waals surface area contributed by atoms with Crippen molar-refractivity contribution in [1.29, 1.82) is 0 Å². The smallest absolute Gasteiger partial charge is 0.252 e. The number of alkyl halides is 1. The fourth-order valence-corrected chi connectivity index (χ4v) is 1.82. The number of rotatable bonds is 4. The summed E-state index contributed by atoms with van der Waals surface area (Å²) in [5, 5.41) is 2.83. The number of halogens is 1. The van der Waals surface area contributed by atoms with Crippen LogP contribution in [0.5, 0.6) is 0 Å². The Bertz CT molecular complexity index is 431. The molecule has 0 spiro atoms. The van der Waals surface area contributed by atoms with Crippen molar-refractivity contribution in [3.63, 3.8) is 0 Å². The molecular formula is C11H13ClN2O2. The molecule has 1 heterocycles. The van der Waals surface area contributed by atoms with Crippen LogP contribution >= 0.6 is 11.6 Å². The van der Waals surface area contributed by atoms with Gasteiger partial charge in [0.1, 0.15) is 0 Å². The lowest BCUT2D eigenvalue weighted by molar-refractivity contribution is 0.0946. The first kappa shape index (κ1) is 11.2. The van der Waals surface area contributed by atoms with Crippen LogP contribution in [0.4, 0.5) is 0 Å². The van der Waals surface area contributed by atoms with Gasteiger partial charge in [0, 0.05) is 30.1 Å². The van der Waals surface area contributed by atoms with Crippen LogP contribution in [0.25, 0.3) is 0 Å². The number of carbonyl (C=O) groups is 1. The highest BCUT2D eigenvalue weighted by atomic mass is 35.5. The van der Waals surface area contributed by atoms with Gasteiger partial charge in [0.05, 0.1) is 5.56 Å². The number of hydrogen-bond acceptors (Lipinski definition) is 2. The van der Waals surface area contributed by atoms with Crippen LogP contribution in [0, 0.1) is 5.41 Å². The molecule has 1 aromatic heterocycles. The number of aromatic nitrogens is 1. The molecule has 1 aliphatic carbocycles. The van der Waals surface area contributed by atoms with Crippen LogP contribution < -0.4 is 10.9 Å². The van der Waals surface area contributed by atoms with Gasteiger partial charge < -0.3 is 10.3 Å². The molecule has 1 fully saturated rings. The minimum absolute atomic E-state index is 0.111. The van der Waals surface area contributed by atoms with E-state index in [1.54, 1.807) is 0 Å². The molecule has 0 radical (unpaired) electrons. The predicted molar refractivity (Wildman–Crippen MR) is 61.8 cm³/mol. The number of H-pyrrole nitrogens is 1. The third-order valence-corrected chi connectivity index (χ3v) is 3.48. The van der Waals surface area contributed by atoms with E-state index in [0.29, 0.717) is 18.0 Å². The maximum atomic E-state index is 11.7. The Kier molecular flexibility index (Phi) is 3.01. The molecule has 0 aromatic carbocycles. The van der Waals surface area contributed by atoms with E-state index in [1.165, 1.54) is 18.3 Å². The lowest BCUT2D eigenvalue weighted by Crippen LogP contribution is -2.31. The molecule has 1 saturated carbocycles. The molecule has 2 rings (SSSR count). The fraction of sp³-hybridized carbons (Fsp3) is 0.455. The highest BCUT2D eigenvalue weighted by Gasteiger charge is 2.41. The first-order chi connectivity index (χ1) is 7.65. The second-order valence-electron chi connectivity index (χ2n) is 4.26. The quantitative estimate of drug-likeness (QED) is 0.775. The predicted octanol–water partition coefficient (Wildman–Crippen LogP) is 1.12. The van der Waals surface area contributed by atoms with Crippen LogP contribution in [-0.2, 0) is 0 Å². The summed E-state index contributed by atoms with van der Waals surface area (Å²) in [6.07, 6.45) is 3.56. The molecule has 0 unspecified atom stereocenters. The van der Waals surface area contributed by atoms with Crippen molar-refractivity contribution >= 4 is 17.5 Å². The van der Waals surface area contributed by atoms with Gasteiger partial charge in [-0.3, -0.25) is 9.59 Å². The topological polar surface area (TPSA) is 62.0 Å². The molecule has 86 valence electrons. The monoisotopic (exact) mass is 240 g/mol. The van der Waals surface area contributed by atoms with E-state index in [1.807, 2.05) is 0 Å². The van der Waals surface area contributed by atoms with Gasteiger partial charge in [-0.2, -0.15) is 0 Å². The van der Waals surface area contributed by atoms with E-state index in [9.17, 15) is 9.59 Å². The van der Waals surface area contributed by atoms with E-state index in [0.717, 1.165) is 12.8 Å². The van der Waals surface area contributed by atoms with Gasteiger partial charge in [0.25, 0.3) is 5.91 Å². The molecule has 1 amide bonds. The van der Waals surface area contributed by atoms with Crippen molar-refractivity contribution in [3.05, 3.63) is 34.2 Å². The number of hydrogen-bond donors (Lipinski definition) is 2. The summed E-state index contributed by atoms with van der Waals surface area (Å²) in [7, 11) is 0. The molecule has 1 aromatic rings. The zero-order valence-electron chi connectivity index (χ0n) is 8.75. The lowest BCUT2D eigenvalue weighted by atomic mass is 10.1. The molecule has 0 bridgehead atoms. The third-order valence-electron chi connectivity index (χ3n) is 2.91. The summed E-state index contributed by atoms with van der Waals surface area (Å²) in [5.74, 6) is 0.409. The Morgan fingerprint density at radius 3 is 2.75 bits per heavy atom. The molecule has 0 saturated heterocycles. The second-order valence-corrected chi connectivity index (χ2v) is 4.53. The Labute approximate surface area is 98.0 Å². The molecule has 0 atom stereocenters. The average Bonchev–Trinajstić information content (AvgIpc) is 3.08. The van der Waals surface area contributed by atoms with Crippen molar-refractivity contribution in [2.45, 2.75) is 12.8 Å². The SMILES string of the molecule is O=C(NCC1(CCl)CC1)c1ccc(=O)[nH]c1. The fourth-order valence-electron chi connectivity index (χ4n) is 1.46. The summed E-state index contributed by atoms with van der Waals surface area (Å²) in [5.41, 5.74) is 0.361. The van der Waals surface area contributed by atoms with Crippen molar-refractivity contribution in [2.24, 2.45) is 5.41 Å². The van der Waals surface area contributed by atoms with Gasteiger partial charge in [-0.15, -0.1) is 11.6 Å². The van der Waals surface area contributed by atoms with E-state index in [2.05, 4.69) is 10.3 Å². The van der Waals surface area contributed by atoms with Crippen LogP contribution in [0.2, 0.25) is 0 Å². The van der Waals surface area contributed by atoms with Crippen molar-refractivity contribution in [3.8, 4) is 0 Å². The molecule has 1 aliphatic rings. The Hall–Kier alpha value is -1.29. The zero-order valence-corrected chi connectivity index (χ0v) is 9.51. The maximum absolute atomic E-state index is 11.7. The average molecular weight is 241 g/mol. The summed E-state index contributed by atoms with van der Waals surface area (Å²) >= 11 is 5.81. The zero-order chi connectivity index (χ0) is 11.6. The number of amides is 1. The van der Waals surface area contributed by atoms with Crippen molar-refractivity contribution < 1.29 is 4.79 Å². The van der Waals surface area contributed by atoms with E-state index >= 15 is 0 Å². The Balaban J connectivity index is 1.93. The van der Waals surface area contributed by atoms with E-state index < -0.39 is 0 Å². The minimum Gasteiger partial charge on any atom is -0.351 e. The molecule has 0 aliphatic heterocycles. The Morgan fingerprint density at radius 1 is 1.50 bits per heavy atom. The first-order valence-corrected chi connectivity index (χ1v) is 5.72. The molecule has 5 heteroatoms. The largest absolute Gasteiger partial charge is 0.351 e. The van der Waals surface area contributed by atoms with Crippen LogP contribution in [0.15, 0.2) is 23.1 Å². The number of pyridine rings is 1. The number of carbonyl (C=O) groups excluding carboxylic acids is 1. The normalized spacial score (nSPS) is 16.8. The molecule has 2 N–H and O–H groups in total. The highest BCUT2D eigenvalue weighted by Crippen LogP contribution is 2.45. The van der Waals surface area contributed by atoms with Gasteiger partial charge in [-0.25, -0.2) is 0 Å². The van der Waals surface area contributed by atoms with Crippen molar-refractivity contribution in [2.75, 3.05) is 12.4 Å². The highest BCUT2D eigenvalue weighted by molar-refractivity contribution is 6.18. The summed E-state index contributed by atoms with van der Waals surface area (Å²) in [6, 6.07) is 2.85. The van der Waals surface area contributed by atoms with E-state index in [-0.39, 0.29) is 16.9 Å². The summed E-state index contributed by atoms with van der Waals surface area (Å²) < 4.78 is 0. The van der Waals surface area contributed by atoms with Crippen LogP contribution in [-0.4, -0.2) is 23.3 Å². The van der Waals surface area contributed by atoms with E-state index in [4.69, 9.17) is 11.6 Å². The Morgan fingerprint density at radius 2 is 2.25 bits per heavy atom. The minimum atomic E-state index is -0.212. The third kappa shape index (κ3) is 2.44. The van der Waals surface area contributed by atoms with Gasteiger partial charge in [-0.1, -0.05) is 0 Å². The molecule has 4 nitrogen and oxygen atoms in total. The maximum Gasteiger partial charge on any atom is 0.252 e. The number of nitrogens with one attached hydrogen (secondary N) is 2. The summed E-state index contributed by atoms with van der Waals surface area (Å²) in [4.78, 5) is 24.9. The second kappa shape index (κ2) is 4.29. The first-order valence-electron chi connectivity index (χ1n) is 5.18. The standard InChI is InChI=1S/C11H13ClN2O2/c12-6-11(3-4-11)7-14-10(16)8-1-2-9(15)13-5-8/h1-2,5H,3-4,6-7H2,(H,13,15)(H,14,16). The van der Waals surface area contributed by atoms with Gasteiger partial charge >= 0.3 is 0 Å². The number of aromatic amines is 1. The van der Waals surface area contributed by atoms with Crippen molar-refractivity contribution in [1.82, 2.24) is 10.3 Å². The van der Waals surface area contributed by atoms with Gasteiger partial charge in [-0.05, 0) is 18.9 Å². The molecule has 16 heavy (non-hydrogen) atoms. The summed E-state index contributed by atoms with van der Waals surface area (Å²) in [6.45, 7) is 0.606. The van der Waals surface area contributed by atoms with Gasteiger partial charge in [0.2, 0.25) is 5.56 Å². The molecular weight excluding hydrogens is 228 g/mol.